The number of benzene rings is 2. The molecule has 0 aromatic heterocycles. The van der Waals surface area contributed by atoms with Crippen molar-refractivity contribution in [3.05, 3.63) is 76.4 Å². The van der Waals surface area contributed by atoms with Crippen LogP contribution in [0.5, 0.6) is 0 Å². The molecular weight excluding hydrogens is 390 g/mol. The largest absolute Gasteiger partial charge is 0.507 e. The highest BCUT2D eigenvalue weighted by atomic mass is 19.1. The van der Waals surface area contributed by atoms with Crippen LogP contribution in [0.2, 0.25) is 0 Å². The number of amides is 1. The molecule has 0 bridgehead atoms. The number of carbonyl (C=O) groups is 2. The number of aliphatic hydroxyl groups excluding tert-OH is 1. The first kappa shape index (κ1) is 21.6. The van der Waals surface area contributed by atoms with Crippen molar-refractivity contribution in [1.82, 2.24) is 9.80 Å². The predicted molar refractivity (Wildman–Crippen MR) is 110 cm³/mol. The van der Waals surface area contributed by atoms with E-state index < -0.39 is 35.1 Å². The lowest BCUT2D eigenvalue weighted by atomic mass is 9.94. The fourth-order valence-corrected chi connectivity index (χ4v) is 3.64. The molecule has 3 rings (SSSR count). The van der Waals surface area contributed by atoms with Crippen LogP contribution in [0.4, 0.5) is 8.78 Å². The lowest BCUT2D eigenvalue weighted by molar-refractivity contribution is -0.140. The second-order valence-electron chi connectivity index (χ2n) is 7.63. The maximum atomic E-state index is 14.7. The Hall–Kier alpha value is -3.06. The maximum absolute atomic E-state index is 14.7. The highest BCUT2D eigenvalue weighted by Crippen LogP contribution is 2.40. The summed E-state index contributed by atoms with van der Waals surface area (Å²) < 4.78 is 28.3. The Morgan fingerprint density at radius 2 is 1.80 bits per heavy atom. The molecule has 158 valence electrons. The summed E-state index contributed by atoms with van der Waals surface area (Å²) in [4.78, 5) is 28.9. The van der Waals surface area contributed by atoms with Crippen molar-refractivity contribution in [2.45, 2.75) is 19.4 Å². The molecule has 5 nitrogen and oxygen atoms in total. The third kappa shape index (κ3) is 4.11. The predicted octanol–water partition coefficient (Wildman–Crippen LogP) is 3.65. The van der Waals surface area contributed by atoms with E-state index in [1.54, 1.807) is 6.07 Å². The van der Waals surface area contributed by atoms with Crippen LogP contribution in [0, 0.1) is 18.6 Å². The number of hydrogen-bond donors (Lipinski definition) is 1. The number of carbonyl (C=O) groups excluding carboxylic acids is 2. The number of ketones is 1. The Balaban J connectivity index is 2.13. The molecule has 0 radical (unpaired) electrons. The maximum Gasteiger partial charge on any atom is 0.295 e. The summed E-state index contributed by atoms with van der Waals surface area (Å²) in [5, 5.41) is 10.9. The van der Waals surface area contributed by atoms with Gasteiger partial charge >= 0.3 is 0 Å². The van der Waals surface area contributed by atoms with Crippen LogP contribution in [0.3, 0.4) is 0 Å². The van der Waals surface area contributed by atoms with Crippen molar-refractivity contribution in [3.8, 4) is 0 Å². The highest BCUT2D eigenvalue weighted by Gasteiger charge is 2.46. The number of aliphatic hydroxyl groups is 1. The van der Waals surface area contributed by atoms with Gasteiger partial charge in [-0.25, -0.2) is 8.78 Å². The Morgan fingerprint density at radius 1 is 1.10 bits per heavy atom. The fourth-order valence-electron chi connectivity index (χ4n) is 3.64. The second kappa shape index (κ2) is 8.75. The van der Waals surface area contributed by atoms with Crippen molar-refractivity contribution in [3.63, 3.8) is 0 Å². The first-order valence-corrected chi connectivity index (χ1v) is 9.66. The van der Waals surface area contributed by atoms with E-state index in [2.05, 4.69) is 0 Å². The van der Waals surface area contributed by atoms with E-state index in [0.717, 1.165) is 0 Å². The van der Waals surface area contributed by atoms with Crippen LogP contribution in [0.25, 0.3) is 5.76 Å². The fraction of sp³-hybridized carbons (Fsp3) is 0.304. The van der Waals surface area contributed by atoms with Gasteiger partial charge in [0.05, 0.1) is 11.6 Å². The van der Waals surface area contributed by atoms with Crippen molar-refractivity contribution < 1.29 is 23.5 Å². The van der Waals surface area contributed by atoms with Crippen LogP contribution in [0.15, 0.2) is 48.0 Å². The molecule has 1 atom stereocenters. The number of aryl methyl sites for hydroxylation is 1. The minimum Gasteiger partial charge on any atom is -0.507 e. The van der Waals surface area contributed by atoms with E-state index in [0.29, 0.717) is 13.0 Å². The zero-order valence-electron chi connectivity index (χ0n) is 17.2. The van der Waals surface area contributed by atoms with E-state index >= 15 is 0 Å². The first-order valence-electron chi connectivity index (χ1n) is 9.66. The third-order valence-electron chi connectivity index (χ3n) is 5.18. The van der Waals surface area contributed by atoms with Gasteiger partial charge in [-0.3, -0.25) is 9.59 Å². The summed E-state index contributed by atoms with van der Waals surface area (Å²) in [5.41, 5.74) is 0.408. The number of halogens is 2. The summed E-state index contributed by atoms with van der Waals surface area (Å²) in [5.74, 6) is -3.15. The molecule has 2 aromatic rings. The van der Waals surface area contributed by atoms with Crippen molar-refractivity contribution >= 4 is 17.4 Å². The SMILES string of the molecule is Cc1cc(/C(O)=C2\C(=O)C(=O)N(CCCN(C)C)C2c2ccccc2F)ccc1F. The van der Waals surface area contributed by atoms with Gasteiger partial charge in [0.15, 0.2) is 0 Å². The molecule has 2 aromatic carbocycles. The summed E-state index contributed by atoms with van der Waals surface area (Å²) in [6, 6.07) is 8.71. The van der Waals surface area contributed by atoms with Crippen molar-refractivity contribution in [2.24, 2.45) is 0 Å². The Labute approximate surface area is 174 Å². The van der Waals surface area contributed by atoms with Crippen LogP contribution in [0.1, 0.15) is 29.2 Å². The molecule has 1 unspecified atom stereocenters. The van der Waals surface area contributed by atoms with Crippen LogP contribution < -0.4 is 0 Å². The molecule has 1 heterocycles. The van der Waals surface area contributed by atoms with Crippen LogP contribution >= 0.6 is 0 Å². The third-order valence-corrected chi connectivity index (χ3v) is 5.18. The van der Waals surface area contributed by atoms with Crippen molar-refractivity contribution in [1.29, 1.82) is 0 Å². The lowest BCUT2D eigenvalue weighted by Crippen LogP contribution is -2.32. The smallest absolute Gasteiger partial charge is 0.295 e. The molecule has 1 aliphatic rings. The van der Waals surface area contributed by atoms with E-state index in [9.17, 15) is 23.5 Å². The van der Waals surface area contributed by atoms with Crippen LogP contribution in [-0.2, 0) is 9.59 Å². The molecule has 1 saturated heterocycles. The lowest BCUT2D eigenvalue weighted by Gasteiger charge is -2.26. The number of nitrogens with zero attached hydrogens (tertiary/aromatic N) is 2. The van der Waals surface area contributed by atoms with Crippen molar-refractivity contribution in [2.75, 3.05) is 27.2 Å². The molecule has 1 amide bonds. The second-order valence-corrected chi connectivity index (χ2v) is 7.63. The average molecular weight is 414 g/mol. The molecule has 1 aliphatic heterocycles. The number of Topliss-reactive ketones (excluding diaryl/α,β-unsaturated/α-hetero) is 1. The zero-order chi connectivity index (χ0) is 22.0. The molecule has 1 N–H and O–H groups in total. The Kier molecular flexibility index (Phi) is 6.31. The van der Waals surface area contributed by atoms with Gasteiger partial charge in [0, 0.05) is 17.7 Å². The standard InChI is InChI=1S/C23H24F2N2O3/c1-14-13-15(9-10-17(14)24)21(28)19-20(16-7-4-5-8-18(16)25)27(23(30)22(19)29)12-6-11-26(2)3/h4-5,7-10,13,20,28H,6,11-12H2,1-3H3/b21-19+. The minimum atomic E-state index is -1.06. The normalized spacial score (nSPS) is 18.5. The topological polar surface area (TPSA) is 60.9 Å². The van der Waals surface area contributed by atoms with E-state index in [-0.39, 0.29) is 28.8 Å². The first-order chi connectivity index (χ1) is 14.2. The summed E-state index contributed by atoms with van der Waals surface area (Å²) in [6.45, 7) is 2.42. The van der Waals surface area contributed by atoms with Gasteiger partial charge in [-0.2, -0.15) is 0 Å². The van der Waals surface area contributed by atoms with Gasteiger partial charge in [-0.15, -0.1) is 0 Å². The molecule has 30 heavy (non-hydrogen) atoms. The van der Waals surface area contributed by atoms with Gasteiger partial charge in [-0.1, -0.05) is 18.2 Å². The Bertz CT molecular complexity index is 1020. The van der Waals surface area contributed by atoms with E-state index in [4.69, 9.17) is 0 Å². The zero-order valence-corrected chi connectivity index (χ0v) is 17.2. The number of rotatable bonds is 6. The molecular formula is C23H24F2N2O3. The summed E-state index contributed by atoms with van der Waals surface area (Å²) in [6.07, 6.45) is 0.570. The summed E-state index contributed by atoms with van der Waals surface area (Å²) >= 11 is 0. The molecule has 0 spiro atoms. The number of likely N-dealkylation sites (tertiary alicyclic amines) is 1. The van der Waals surface area contributed by atoms with Crippen LogP contribution in [-0.4, -0.2) is 53.8 Å². The summed E-state index contributed by atoms with van der Waals surface area (Å²) in [7, 11) is 3.78. The molecule has 0 aliphatic carbocycles. The van der Waals surface area contributed by atoms with Gasteiger partial charge < -0.3 is 14.9 Å². The number of hydrogen-bond acceptors (Lipinski definition) is 4. The van der Waals surface area contributed by atoms with E-state index in [1.165, 1.54) is 48.2 Å². The van der Waals surface area contributed by atoms with Gasteiger partial charge in [0.2, 0.25) is 0 Å². The van der Waals surface area contributed by atoms with Gasteiger partial charge in [0.25, 0.3) is 11.7 Å². The minimum absolute atomic E-state index is 0.127. The quantitative estimate of drug-likeness (QED) is 0.445. The Morgan fingerprint density at radius 3 is 2.43 bits per heavy atom. The monoisotopic (exact) mass is 414 g/mol. The highest BCUT2D eigenvalue weighted by molar-refractivity contribution is 6.46. The molecule has 1 fully saturated rings. The van der Waals surface area contributed by atoms with E-state index in [1.807, 2.05) is 19.0 Å². The molecule has 7 heteroatoms. The van der Waals surface area contributed by atoms with Gasteiger partial charge in [0.1, 0.15) is 17.4 Å². The molecule has 0 saturated carbocycles. The van der Waals surface area contributed by atoms with Gasteiger partial charge in [-0.05, 0) is 63.8 Å². The average Bonchev–Trinajstić information content (AvgIpc) is 2.94.